The maximum atomic E-state index is 5.52. The largest absolute Gasteiger partial charge is 0.497 e. The molecule has 0 atom stereocenters. The summed E-state index contributed by atoms with van der Waals surface area (Å²) in [4.78, 5) is 23.8. The van der Waals surface area contributed by atoms with Crippen molar-refractivity contribution in [2.45, 2.75) is 19.5 Å². The molecule has 0 bridgehead atoms. The first-order chi connectivity index (χ1) is 19.7. The van der Waals surface area contributed by atoms with Crippen LogP contribution in [0.5, 0.6) is 11.5 Å². The summed E-state index contributed by atoms with van der Waals surface area (Å²) in [5.74, 6) is 3.92. The third-order valence-corrected chi connectivity index (χ3v) is 7.22. The molecule has 4 heterocycles. The first-order valence-corrected chi connectivity index (χ1v) is 13.5. The number of anilines is 3. The monoisotopic (exact) mass is 539 g/mol. The molecule has 0 amide bonds. The number of hydrogen-bond acceptors (Lipinski definition) is 10. The molecule has 0 unspecified atom stereocenters. The highest BCUT2D eigenvalue weighted by atomic mass is 16.5. The Labute approximate surface area is 234 Å². The van der Waals surface area contributed by atoms with E-state index in [4.69, 9.17) is 34.1 Å². The fraction of sp³-hybridized carbons (Fsp3) is 0.333. The molecule has 0 saturated carbocycles. The van der Waals surface area contributed by atoms with E-state index in [-0.39, 0.29) is 0 Å². The predicted molar refractivity (Wildman–Crippen MR) is 154 cm³/mol. The van der Waals surface area contributed by atoms with Gasteiger partial charge in [-0.3, -0.25) is 0 Å². The van der Waals surface area contributed by atoms with Crippen LogP contribution in [0.2, 0.25) is 0 Å². The van der Waals surface area contributed by atoms with Crippen molar-refractivity contribution < 1.29 is 14.2 Å². The number of methoxy groups -OCH3 is 2. The summed E-state index contributed by atoms with van der Waals surface area (Å²) < 4.78 is 16.2. The van der Waals surface area contributed by atoms with Gasteiger partial charge in [0.2, 0.25) is 11.9 Å². The van der Waals surface area contributed by atoms with Gasteiger partial charge in [0.1, 0.15) is 17.3 Å². The predicted octanol–water partition coefficient (Wildman–Crippen LogP) is 3.96. The third-order valence-electron chi connectivity index (χ3n) is 7.22. The van der Waals surface area contributed by atoms with E-state index in [1.165, 1.54) is 0 Å². The quantitative estimate of drug-likeness (QED) is 0.337. The maximum Gasteiger partial charge on any atom is 0.228 e. The number of fused-ring (bicyclic) bond motifs is 1. The van der Waals surface area contributed by atoms with Gasteiger partial charge in [-0.05, 0) is 41.8 Å². The summed E-state index contributed by atoms with van der Waals surface area (Å²) in [6.07, 6.45) is 4.62. The molecule has 2 aromatic heterocycles. The molecule has 2 aromatic carbocycles. The van der Waals surface area contributed by atoms with Gasteiger partial charge in [-0.1, -0.05) is 24.3 Å². The number of nitrogens with zero attached hydrogens (tertiary/aromatic N) is 6. The number of nitrogens with one attached hydrogen (secondary N) is 1. The van der Waals surface area contributed by atoms with Crippen LogP contribution in [0.4, 0.5) is 17.7 Å². The van der Waals surface area contributed by atoms with E-state index in [1.54, 1.807) is 14.2 Å². The SMILES string of the molecule is COc1ccc(CN(Cc2ccc(OC)cc2)c2ncc(-c3nc(N4CCOCC4)nc4c3CCN4)cn2)cc1. The van der Waals surface area contributed by atoms with Gasteiger partial charge in [-0.15, -0.1) is 0 Å². The highest BCUT2D eigenvalue weighted by molar-refractivity contribution is 5.71. The summed E-state index contributed by atoms with van der Waals surface area (Å²) in [7, 11) is 3.35. The lowest BCUT2D eigenvalue weighted by Crippen LogP contribution is -2.37. The fourth-order valence-corrected chi connectivity index (χ4v) is 5.01. The highest BCUT2D eigenvalue weighted by Gasteiger charge is 2.24. The second-order valence-corrected chi connectivity index (χ2v) is 9.80. The van der Waals surface area contributed by atoms with Gasteiger partial charge in [0, 0.05) is 56.2 Å². The van der Waals surface area contributed by atoms with Gasteiger partial charge >= 0.3 is 0 Å². The number of benzene rings is 2. The number of morpholine rings is 1. The van der Waals surface area contributed by atoms with Gasteiger partial charge in [0.15, 0.2) is 0 Å². The molecular formula is C30H33N7O3. The van der Waals surface area contributed by atoms with Gasteiger partial charge in [-0.25, -0.2) is 15.0 Å². The van der Waals surface area contributed by atoms with Crippen LogP contribution in [0.25, 0.3) is 11.3 Å². The minimum absolute atomic E-state index is 0.642. The molecule has 40 heavy (non-hydrogen) atoms. The Kier molecular flexibility index (Phi) is 7.58. The summed E-state index contributed by atoms with van der Waals surface area (Å²) in [5, 5.41) is 3.41. The zero-order valence-electron chi connectivity index (χ0n) is 22.8. The molecule has 4 aromatic rings. The van der Waals surface area contributed by atoms with E-state index in [1.807, 2.05) is 36.7 Å². The normalized spacial score (nSPS) is 14.4. The van der Waals surface area contributed by atoms with Crippen molar-refractivity contribution in [2.75, 3.05) is 62.2 Å². The Hall–Kier alpha value is -4.44. The zero-order chi connectivity index (χ0) is 27.3. The van der Waals surface area contributed by atoms with E-state index >= 15 is 0 Å². The van der Waals surface area contributed by atoms with E-state index < -0.39 is 0 Å². The van der Waals surface area contributed by atoms with Crippen molar-refractivity contribution in [1.82, 2.24) is 19.9 Å². The van der Waals surface area contributed by atoms with Crippen LogP contribution in [0.1, 0.15) is 16.7 Å². The molecule has 1 saturated heterocycles. The number of ether oxygens (including phenoxy) is 3. The van der Waals surface area contributed by atoms with Crippen molar-refractivity contribution in [2.24, 2.45) is 0 Å². The Morgan fingerprint density at radius 3 is 2.02 bits per heavy atom. The van der Waals surface area contributed by atoms with Crippen LogP contribution < -0.4 is 24.6 Å². The summed E-state index contributed by atoms with van der Waals surface area (Å²) in [5.41, 5.74) is 5.16. The average Bonchev–Trinajstić information content (AvgIpc) is 3.50. The summed E-state index contributed by atoms with van der Waals surface area (Å²) >= 11 is 0. The smallest absolute Gasteiger partial charge is 0.228 e. The van der Waals surface area contributed by atoms with Gasteiger partial charge in [0.05, 0.1) is 33.1 Å². The minimum Gasteiger partial charge on any atom is -0.497 e. The lowest BCUT2D eigenvalue weighted by atomic mass is 10.1. The Balaban J connectivity index is 1.30. The van der Waals surface area contributed by atoms with Gasteiger partial charge < -0.3 is 29.3 Å². The topological polar surface area (TPSA) is 97.8 Å². The van der Waals surface area contributed by atoms with E-state index in [2.05, 4.69) is 39.4 Å². The fourth-order valence-electron chi connectivity index (χ4n) is 5.01. The van der Waals surface area contributed by atoms with Crippen molar-refractivity contribution in [3.05, 3.63) is 77.6 Å². The van der Waals surface area contributed by atoms with Gasteiger partial charge in [-0.2, -0.15) is 4.98 Å². The molecule has 1 fully saturated rings. The van der Waals surface area contributed by atoms with Crippen molar-refractivity contribution in [3.63, 3.8) is 0 Å². The van der Waals surface area contributed by atoms with Crippen LogP contribution in [0.3, 0.4) is 0 Å². The Morgan fingerprint density at radius 2 is 1.45 bits per heavy atom. The molecule has 10 heteroatoms. The van der Waals surface area contributed by atoms with Crippen LogP contribution in [-0.4, -0.2) is 67.0 Å². The Bertz CT molecular complexity index is 1370. The second kappa shape index (κ2) is 11.7. The summed E-state index contributed by atoms with van der Waals surface area (Å²) in [6, 6.07) is 16.2. The standard InChI is InChI=1S/C30H33N7O3/c1-38-24-7-3-21(4-8-24)19-37(20-22-5-9-25(39-2)10-6-22)29-32-17-23(18-33-29)27-26-11-12-31-28(26)35-30(34-27)36-13-15-40-16-14-36/h3-10,17-18H,11-16,19-20H2,1-2H3,(H,31,34,35). The molecular weight excluding hydrogens is 506 g/mol. The summed E-state index contributed by atoms with van der Waals surface area (Å²) in [6.45, 7) is 5.05. The minimum atomic E-state index is 0.642. The number of hydrogen-bond donors (Lipinski definition) is 1. The second-order valence-electron chi connectivity index (χ2n) is 9.80. The lowest BCUT2D eigenvalue weighted by Gasteiger charge is -2.27. The molecule has 10 nitrogen and oxygen atoms in total. The van der Waals surface area contributed by atoms with E-state index in [9.17, 15) is 0 Å². The van der Waals surface area contributed by atoms with Crippen molar-refractivity contribution in [3.8, 4) is 22.8 Å². The lowest BCUT2D eigenvalue weighted by molar-refractivity contribution is 0.122. The average molecular weight is 540 g/mol. The molecule has 6 rings (SSSR count). The molecule has 2 aliphatic rings. The molecule has 206 valence electrons. The van der Waals surface area contributed by atoms with E-state index in [0.29, 0.717) is 32.3 Å². The van der Waals surface area contributed by atoms with Crippen LogP contribution in [0, 0.1) is 0 Å². The molecule has 1 N–H and O–H groups in total. The molecule has 2 aliphatic heterocycles. The van der Waals surface area contributed by atoms with E-state index in [0.717, 1.165) is 77.3 Å². The molecule has 0 radical (unpaired) electrons. The maximum absolute atomic E-state index is 5.52. The van der Waals surface area contributed by atoms with Crippen molar-refractivity contribution >= 4 is 17.7 Å². The Morgan fingerprint density at radius 1 is 0.850 bits per heavy atom. The van der Waals surface area contributed by atoms with Crippen LogP contribution >= 0.6 is 0 Å². The number of rotatable bonds is 9. The van der Waals surface area contributed by atoms with Crippen LogP contribution in [-0.2, 0) is 24.2 Å². The third kappa shape index (κ3) is 5.62. The zero-order valence-corrected chi connectivity index (χ0v) is 22.8. The highest BCUT2D eigenvalue weighted by Crippen LogP contribution is 2.32. The molecule has 0 spiro atoms. The molecule has 0 aliphatic carbocycles. The van der Waals surface area contributed by atoms with Crippen molar-refractivity contribution in [1.29, 1.82) is 0 Å². The first kappa shape index (κ1) is 25.8. The number of aromatic nitrogens is 4. The van der Waals surface area contributed by atoms with Gasteiger partial charge in [0.25, 0.3) is 0 Å². The van der Waals surface area contributed by atoms with Crippen LogP contribution in [0.15, 0.2) is 60.9 Å². The first-order valence-electron chi connectivity index (χ1n) is 13.5.